The molecule has 3 heterocycles. The quantitative estimate of drug-likeness (QED) is 0.928. The van der Waals surface area contributed by atoms with Crippen molar-refractivity contribution < 1.29 is 4.79 Å². The van der Waals surface area contributed by atoms with E-state index in [1.165, 1.54) is 0 Å². The molecule has 120 valence electrons. The highest BCUT2D eigenvalue weighted by Gasteiger charge is 2.26. The molecule has 3 rings (SSSR count). The number of carbonyl (C=O) groups is 1. The van der Waals surface area contributed by atoms with Gasteiger partial charge < -0.3 is 10.2 Å². The average Bonchev–Trinajstić information content (AvgIpc) is 2.61. The number of nitrogens with zero attached hydrogens (tertiary/aromatic N) is 4. The van der Waals surface area contributed by atoms with Crippen LogP contribution in [0.4, 0.5) is 5.82 Å². The summed E-state index contributed by atoms with van der Waals surface area (Å²) in [5.74, 6) is 0.767. The van der Waals surface area contributed by atoms with Gasteiger partial charge in [-0.05, 0) is 37.1 Å². The van der Waals surface area contributed by atoms with Gasteiger partial charge in [-0.1, -0.05) is 17.7 Å². The third-order valence-corrected chi connectivity index (χ3v) is 4.11. The topological polar surface area (TPSA) is 71.0 Å². The molecule has 1 fully saturated rings. The lowest BCUT2D eigenvalue weighted by Gasteiger charge is -2.32. The summed E-state index contributed by atoms with van der Waals surface area (Å²) in [6, 6.07) is 9.22. The van der Waals surface area contributed by atoms with Crippen LogP contribution in [0.1, 0.15) is 18.5 Å². The summed E-state index contributed by atoms with van der Waals surface area (Å²) in [5, 5.41) is 11.3. The Morgan fingerprint density at radius 2 is 2.22 bits per heavy atom. The van der Waals surface area contributed by atoms with Crippen LogP contribution in [-0.4, -0.2) is 34.2 Å². The number of aromatic nitrogens is 3. The van der Waals surface area contributed by atoms with Crippen LogP contribution in [0.2, 0.25) is 5.15 Å². The predicted octanol–water partition coefficient (Wildman–Crippen LogP) is 2.06. The Labute approximate surface area is 139 Å². The maximum Gasteiger partial charge on any atom is 0.225 e. The number of halogens is 1. The van der Waals surface area contributed by atoms with E-state index in [1.54, 1.807) is 12.3 Å². The maximum absolute atomic E-state index is 12.4. The van der Waals surface area contributed by atoms with Gasteiger partial charge in [0.15, 0.2) is 11.0 Å². The van der Waals surface area contributed by atoms with Crippen LogP contribution in [0.3, 0.4) is 0 Å². The molecule has 23 heavy (non-hydrogen) atoms. The zero-order valence-electron chi connectivity index (χ0n) is 12.7. The van der Waals surface area contributed by atoms with Gasteiger partial charge in [0.25, 0.3) is 0 Å². The molecule has 7 heteroatoms. The minimum absolute atomic E-state index is 0.0510. The summed E-state index contributed by atoms with van der Waals surface area (Å²) in [7, 11) is 0. The van der Waals surface area contributed by atoms with Crippen molar-refractivity contribution in [3.8, 4) is 0 Å². The summed E-state index contributed by atoms with van der Waals surface area (Å²) < 4.78 is 0. The molecule has 0 unspecified atom stereocenters. The Morgan fingerprint density at radius 3 is 2.96 bits per heavy atom. The molecule has 1 atom stereocenters. The van der Waals surface area contributed by atoms with Crippen molar-refractivity contribution >= 4 is 23.3 Å². The average molecular weight is 332 g/mol. The smallest absolute Gasteiger partial charge is 0.225 e. The van der Waals surface area contributed by atoms with Crippen LogP contribution in [0, 0.1) is 5.92 Å². The first-order chi connectivity index (χ1) is 11.2. The molecule has 0 aromatic carbocycles. The maximum atomic E-state index is 12.4. The van der Waals surface area contributed by atoms with E-state index in [4.69, 9.17) is 11.6 Å². The van der Waals surface area contributed by atoms with E-state index in [9.17, 15) is 4.79 Å². The van der Waals surface area contributed by atoms with Gasteiger partial charge in [-0.3, -0.25) is 9.78 Å². The molecule has 0 radical (unpaired) electrons. The van der Waals surface area contributed by atoms with Gasteiger partial charge >= 0.3 is 0 Å². The third kappa shape index (κ3) is 4.16. The van der Waals surface area contributed by atoms with Crippen molar-refractivity contribution in [2.75, 3.05) is 18.0 Å². The van der Waals surface area contributed by atoms with Gasteiger partial charge in [0.2, 0.25) is 5.91 Å². The van der Waals surface area contributed by atoms with E-state index in [1.807, 2.05) is 24.3 Å². The highest BCUT2D eigenvalue weighted by Crippen LogP contribution is 2.22. The number of anilines is 1. The zero-order chi connectivity index (χ0) is 16.1. The van der Waals surface area contributed by atoms with Crippen LogP contribution >= 0.6 is 11.6 Å². The van der Waals surface area contributed by atoms with Crippen LogP contribution in [0.5, 0.6) is 0 Å². The molecule has 1 N–H and O–H groups in total. The number of hydrogen-bond donors (Lipinski definition) is 1. The monoisotopic (exact) mass is 331 g/mol. The van der Waals surface area contributed by atoms with Crippen molar-refractivity contribution in [1.82, 2.24) is 20.5 Å². The SMILES string of the molecule is O=C(NCc1ccccn1)[C@@H]1CCCN(c2ccc(Cl)nn2)C1. The first-order valence-corrected chi connectivity index (χ1v) is 8.02. The summed E-state index contributed by atoms with van der Waals surface area (Å²) in [5.41, 5.74) is 0.858. The van der Waals surface area contributed by atoms with Crippen molar-refractivity contribution in [3.05, 3.63) is 47.4 Å². The summed E-state index contributed by atoms with van der Waals surface area (Å²) >= 11 is 5.77. The van der Waals surface area contributed by atoms with Gasteiger partial charge in [0.1, 0.15) is 0 Å². The molecule has 1 aliphatic heterocycles. The fourth-order valence-electron chi connectivity index (χ4n) is 2.70. The predicted molar refractivity (Wildman–Crippen MR) is 88.1 cm³/mol. The Bertz CT molecular complexity index is 649. The van der Waals surface area contributed by atoms with E-state index in [0.29, 0.717) is 18.2 Å². The standard InChI is InChI=1S/C16H18ClN5O/c17-14-6-7-15(21-20-14)22-9-3-4-12(11-22)16(23)19-10-13-5-1-2-8-18-13/h1-2,5-8,12H,3-4,9-11H2,(H,19,23)/t12-/m1/s1. The van der Waals surface area contributed by atoms with Gasteiger partial charge in [-0.2, -0.15) is 0 Å². The molecular weight excluding hydrogens is 314 g/mol. The molecule has 6 nitrogen and oxygen atoms in total. The Morgan fingerprint density at radius 1 is 1.30 bits per heavy atom. The van der Waals surface area contributed by atoms with E-state index < -0.39 is 0 Å². The molecule has 2 aromatic heterocycles. The second kappa shape index (κ2) is 7.37. The zero-order valence-corrected chi connectivity index (χ0v) is 13.4. The van der Waals surface area contributed by atoms with Crippen molar-refractivity contribution in [1.29, 1.82) is 0 Å². The van der Waals surface area contributed by atoms with Crippen molar-refractivity contribution in [2.24, 2.45) is 5.92 Å². The molecule has 1 aliphatic rings. The lowest BCUT2D eigenvalue weighted by molar-refractivity contribution is -0.125. The summed E-state index contributed by atoms with van der Waals surface area (Å²) in [6.45, 7) is 1.97. The third-order valence-electron chi connectivity index (χ3n) is 3.90. The highest BCUT2D eigenvalue weighted by atomic mass is 35.5. The Balaban J connectivity index is 1.57. The van der Waals surface area contributed by atoms with Crippen LogP contribution in [0.15, 0.2) is 36.5 Å². The minimum atomic E-state index is -0.0510. The lowest BCUT2D eigenvalue weighted by Crippen LogP contribution is -2.43. The number of amides is 1. The molecule has 1 amide bonds. The van der Waals surface area contributed by atoms with E-state index in [2.05, 4.69) is 25.4 Å². The molecule has 0 bridgehead atoms. The molecular formula is C16H18ClN5O. The van der Waals surface area contributed by atoms with E-state index in [0.717, 1.165) is 30.9 Å². The summed E-state index contributed by atoms with van der Waals surface area (Å²) in [6.07, 6.45) is 3.56. The molecule has 1 saturated heterocycles. The fourth-order valence-corrected chi connectivity index (χ4v) is 2.80. The number of rotatable bonds is 4. The summed E-state index contributed by atoms with van der Waals surface area (Å²) in [4.78, 5) is 18.7. The second-order valence-electron chi connectivity index (χ2n) is 5.54. The van der Waals surface area contributed by atoms with Gasteiger partial charge in [-0.15, -0.1) is 10.2 Å². The number of hydrogen-bond acceptors (Lipinski definition) is 5. The molecule has 2 aromatic rings. The van der Waals surface area contributed by atoms with E-state index in [-0.39, 0.29) is 11.8 Å². The van der Waals surface area contributed by atoms with Crippen LogP contribution < -0.4 is 10.2 Å². The lowest BCUT2D eigenvalue weighted by atomic mass is 9.97. The molecule has 0 aliphatic carbocycles. The molecule has 0 saturated carbocycles. The minimum Gasteiger partial charge on any atom is -0.354 e. The normalized spacial score (nSPS) is 17.8. The first-order valence-electron chi connectivity index (χ1n) is 7.64. The second-order valence-corrected chi connectivity index (χ2v) is 5.93. The van der Waals surface area contributed by atoms with Gasteiger partial charge in [0.05, 0.1) is 18.2 Å². The largest absolute Gasteiger partial charge is 0.354 e. The number of piperidine rings is 1. The molecule has 0 spiro atoms. The first kappa shape index (κ1) is 15.7. The van der Waals surface area contributed by atoms with Crippen molar-refractivity contribution in [3.63, 3.8) is 0 Å². The van der Waals surface area contributed by atoms with Crippen molar-refractivity contribution in [2.45, 2.75) is 19.4 Å². The Hall–Kier alpha value is -2.21. The highest BCUT2D eigenvalue weighted by molar-refractivity contribution is 6.29. The van der Waals surface area contributed by atoms with Gasteiger partial charge in [-0.25, -0.2) is 0 Å². The van der Waals surface area contributed by atoms with E-state index >= 15 is 0 Å². The fraction of sp³-hybridized carbons (Fsp3) is 0.375. The van der Waals surface area contributed by atoms with Gasteiger partial charge in [0, 0.05) is 19.3 Å². The van der Waals surface area contributed by atoms with Crippen LogP contribution in [0.25, 0.3) is 0 Å². The Kier molecular flexibility index (Phi) is 5.02. The van der Waals surface area contributed by atoms with Crippen LogP contribution in [-0.2, 0) is 11.3 Å². The number of carbonyl (C=O) groups excluding carboxylic acids is 1. The number of nitrogens with one attached hydrogen (secondary N) is 1. The number of pyridine rings is 1.